The third kappa shape index (κ3) is 4.76. The third-order valence-electron chi connectivity index (χ3n) is 2.88. The first-order valence-corrected chi connectivity index (χ1v) is 7.15. The molecule has 1 heterocycles. The lowest BCUT2D eigenvalue weighted by Gasteiger charge is -2.09. The summed E-state index contributed by atoms with van der Waals surface area (Å²) < 4.78 is 10.1. The maximum absolute atomic E-state index is 5.21. The van der Waals surface area contributed by atoms with Gasteiger partial charge in [0.05, 0.1) is 20.2 Å². The Hall–Kier alpha value is -2.57. The highest BCUT2D eigenvalue weighted by Crippen LogP contribution is 2.13. The van der Waals surface area contributed by atoms with Crippen LogP contribution in [0.15, 0.2) is 33.8 Å². The maximum atomic E-state index is 5.21. The summed E-state index contributed by atoms with van der Waals surface area (Å²) >= 11 is 0. The largest absolute Gasteiger partial charge is 0.497 e. The van der Waals surface area contributed by atoms with E-state index in [4.69, 9.17) is 9.26 Å². The van der Waals surface area contributed by atoms with Crippen molar-refractivity contribution in [1.82, 2.24) is 20.8 Å². The van der Waals surface area contributed by atoms with Gasteiger partial charge in [0.2, 0.25) is 5.89 Å². The van der Waals surface area contributed by atoms with E-state index in [1.165, 1.54) is 0 Å². The number of hydrogen-bond acceptors (Lipinski definition) is 5. The van der Waals surface area contributed by atoms with Gasteiger partial charge in [-0.2, -0.15) is 4.98 Å². The fourth-order valence-corrected chi connectivity index (χ4v) is 1.86. The Kier molecular flexibility index (Phi) is 5.76. The van der Waals surface area contributed by atoms with Crippen LogP contribution in [-0.4, -0.2) is 29.8 Å². The lowest BCUT2D eigenvalue weighted by molar-refractivity contribution is 0.387. The monoisotopic (exact) mass is 303 g/mol. The van der Waals surface area contributed by atoms with Gasteiger partial charge >= 0.3 is 0 Å². The molecule has 0 radical (unpaired) electrons. The van der Waals surface area contributed by atoms with Gasteiger partial charge in [0.1, 0.15) is 5.75 Å². The van der Waals surface area contributed by atoms with Gasteiger partial charge in [-0.1, -0.05) is 17.3 Å². The van der Waals surface area contributed by atoms with E-state index in [9.17, 15) is 0 Å². The SMILES string of the molecule is CCNC(=NCc1cccc(OC)c1)NCc1noc(C)n1. The molecule has 22 heavy (non-hydrogen) atoms. The summed E-state index contributed by atoms with van der Waals surface area (Å²) in [7, 11) is 1.65. The van der Waals surface area contributed by atoms with E-state index in [1.54, 1.807) is 14.0 Å². The number of methoxy groups -OCH3 is 1. The first-order chi connectivity index (χ1) is 10.7. The van der Waals surface area contributed by atoms with E-state index in [2.05, 4.69) is 25.8 Å². The highest BCUT2D eigenvalue weighted by Gasteiger charge is 2.04. The van der Waals surface area contributed by atoms with Crippen molar-refractivity contribution in [3.63, 3.8) is 0 Å². The summed E-state index contributed by atoms with van der Waals surface area (Å²) in [5.74, 6) is 2.68. The normalized spacial score (nSPS) is 11.3. The Morgan fingerprint density at radius 2 is 2.23 bits per heavy atom. The summed E-state index contributed by atoms with van der Waals surface area (Å²) in [4.78, 5) is 8.68. The number of aliphatic imine (C=N–C) groups is 1. The van der Waals surface area contributed by atoms with E-state index in [0.29, 0.717) is 30.8 Å². The number of aromatic nitrogens is 2. The predicted octanol–water partition coefficient (Wildman–Crippen LogP) is 1.64. The van der Waals surface area contributed by atoms with Crippen molar-refractivity contribution in [3.8, 4) is 5.75 Å². The molecule has 0 bridgehead atoms. The average Bonchev–Trinajstić information content (AvgIpc) is 2.96. The lowest BCUT2D eigenvalue weighted by atomic mass is 10.2. The summed E-state index contributed by atoms with van der Waals surface area (Å²) in [5.41, 5.74) is 1.08. The summed E-state index contributed by atoms with van der Waals surface area (Å²) in [6.45, 7) is 5.56. The number of aryl methyl sites for hydroxylation is 1. The Morgan fingerprint density at radius 3 is 2.91 bits per heavy atom. The van der Waals surface area contributed by atoms with Gasteiger partial charge in [-0.3, -0.25) is 0 Å². The molecule has 7 heteroatoms. The fraction of sp³-hybridized carbons (Fsp3) is 0.400. The van der Waals surface area contributed by atoms with Crippen LogP contribution in [-0.2, 0) is 13.1 Å². The molecule has 1 aromatic heterocycles. The van der Waals surface area contributed by atoms with E-state index >= 15 is 0 Å². The molecule has 0 saturated carbocycles. The number of ether oxygens (including phenoxy) is 1. The average molecular weight is 303 g/mol. The van der Waals surface area contributed by atoms with Crippen molar-refractivity contribution in [1.29, 1.82) is 0 Å². The van der Waals surface area contributed by atoms with Gasteiger partial charge in [0.25, 0.3) is 0 Å². The third-order valence-corrected chi connectivity index (χ3v) is 2.88. The van der Waals surface area contributed by atoms with Crippen LogP contribution in [0.4, 0.5) is 0 Å². The molecule has 7 nitrogen and oxygen atoms in total. The van der Waals surface area contributed by atoms with Crippen molar-refractivity contribution in [2.24, 2.45) is 4.99 Å². The molecule has 0 saturated heterocycles. The van der Waals surface area contributed by atoms with Crippen LogP contribution >= 0.6 is 0 Å². The van der Waals surface area contributed by atoms with Gasteiger partial charge in [0, 0.05) is 13.5 Å². The van der Waals surface area contributed by atoms with E-state index in [1.807, 2.05) is 31.2 Å². The van der Waals surface area contributed by atoms with Crippen molar-refractivity contribution in [3.05, 3.63) is 41.5 Å². The van der Waals surface area contributed by atoms with Crippen LogP contribution in [0.2, 0.25) is 0 Å². The zero-order valence-electron chi connectivity index (χ0n) is 13.1. The molecule has 0 aliphatic carbocycles. The molecular formula is C15H21N5O2. The number of benzene rings is 1. The van der Waals surface area contributed by atoms with Crippen LogP contribution in [0.1, 0.15) is 24.2 Å². The van der Waals surface area contributed by atoms with Gasteiger partial charge in [0.15, 0.2) is 11.8 Å². The molecule has 2 N–H and O–H groups in total. The van der Waals surface area contributed by atoms with Crippen molar-refractivity contribution < 1.29 is 9.26 Å². The smallest absolute Gasteiger partial charge is 0.223 e. The molecule has 0 aliphatic rings. The first-order valence-electron chi connectivity index (χ1n) is 7.15. The number of rotatable bonds is 6. The van der Waals surface area contributed by atoms with E-state index < -0.39 is 0 Å². The highest BCUT2D eigenvalue weighted by molar-refractivity contribution is 5.79. The van der Waals surface area contributed by atoms with Crippen LogP contribution < -0.4 is 15.4 Å². The standard InChI is InChI=1S/C15H21N5O2/c1-4-16-15(18-10-14-19-11(2)22-20-14)17-9-12-6-5-7-13(8-12)21-3/h5-8H,4,9-10H2,1-3H3,(H2,16,17,18). The van der Waals surface area contributed by atoms with E-state index in [-0.39, 0.29) is 0 Å². The first kappa shape index (κ1) is 15.8. The fourth-order valence-electron chi connectivity index (χ4n) is 1.86. The molecule has 0 spiro atoms. The molecular weight excluding hydrogens is 282 g/mol. The number of nitrogens with one attached hydrogen (secondary N) is 2. The van der Waals surface area contributed by atoms with Gasteiger partial charge < -0.3 is 19.9 Å². The van der Waals surface area contributed by atoms with Crippen LogP contribution in [0.3, 0.4) is 0 Å². The van der Waals surface area contributed by atoms with Crippen molar-refractivity contribution >= 4 is 5.96 Å². The molecule has 0 aliphatic heterocycles. The molecule has 118 valence electrons. The summed E-state index contributed by atoms with van der Waals surface area (Å²) in [6, 6.07) is 7.84. The second-order valence-electron chi connectivity index (χ2n) is 4.63. The molecule has 0 unspecified atom stereocenters. The Bertz CT molecular complexity index is 624. The maximum Gasteiger partial charge on any atom is 0.223 e. The minimum absolute atomic E-state index is 0.460. The number of guanidine groups is 1. The van der Waals surface area contributed by atoms with Crippen molar-refractivity contribution in [2.45, 2.75) is 26.9 Å². The Balaban J connectivity index is 1.96. The number of nitrogens with zero attached hydrogens (tertiary/aromatic N) is 3. The topological polar surface area (TPSA) is 84.6 Å². The zero-order chi connectivity index (χ0) is 15.8. The minimum Gasteiger partial charge on any atom is -0.497 e. The summed E-state index contributed by atoms with van der Waals surface area (Å²) in [5, 5.41) is 10.2. The molecule has 0 atom stereocenters. The van der Waals surface area contributed by atoms with E-state index in [0.717, 1.165) is 17.9 Å². The van der Waals surface area contributed by atoms with Crippen molar-refractivity contribution in [2.75, 3.05) is 13.7 Å². The molecule has 0 amide bonds. The quantitative estimate of drug-likeness (QED) is 0.623. The van der Waals surface area contributed by atoms with Gasteiger partial charge in [-0.05, 0) is 24.6 Å². The second-order valence-corrected chi connectivity index (χ2v) is 4.63. The molecule has 0 fully saturated rings. The zero-order valence-corrected chi connectivity index (χ0v) is 13.1. The number of hydrogen-bond donors (Lipinski definition) is 2. The Morgan fingerprint density at radius 1 is 1.36 bits per heavy atom. The summed E-state index contributed by atoms with van der Waals surface area (Å²) in [6.07, 6.45) is 0. The minimum atomic E-state index is 0.460. The Labute approximate surface area is 129 Å². The second kappa shape index (κ2) is 8.02. The van der Waals surface area contributed by atoms with Gasteiger partial charge in [-0.25, -0.2) is 4.99 Å². The molecule has 1 aromatic carbocycles. The predicted molar refractivity (Wildman–Crippen MR) is 83.7 cm³/mol. The molecule has 2 rings (SSSR count). The molecule has 2 aromatic rings. The lowest BCUT2D eigenvalue weighted by Crippen LogP contribution is -2.37. The van der Waals surface area contributed by atoms with Crippen LogP contribution in [0.5, 0.6) is 5.75 Å². The van der Waals surface area contributed by atoms with Gasteiger partial charge in [-0.15, -0.1) is 0 Å². The van der Waals surface area contributed by atoms with Crippen LogP contribution in [0.25, 0.3) is 0 Å². The highest BCUT2D eigenvalue weighted by atomic mass is 16.5. The van der Waals surface area contributed by atoms with Crippen LogP contribution in [0, 0.1) is 6.92 Å².